The van der Waals surface area contributed by atoms with Gasteiger partial charge in [-0.1, -0.05) is 18.6 Å². The third kappa shape index (κ3) is 2.56. The SMILES string of the molecule is Cc1nc(-c2cccc(NCC3CCC3)c2)cs1. The minimum absolute atomic E-state index is 0.884. The maximum absolute atomic E-state index is 4.54. The lowest BCUT2D eigenvalue weighted by Crippen LogP contribution is -2.20. The van der Waals surface area contributed by atoms with Crippen molar-refractivity contribution in [3.05, 3.63) is 34.7 Å². The number of aryl methyl sites for hydroxylation is 1. The van der Waals surface area contributed by atoms with Crippen LogP contribution in [-0.2, 0) is 0 Å². The first-order chi connectivity index (χ1) is 8.81. The predicted octanol–water partition coefficient (Wildman–Crippen LogP) is 4.33. The maximum Gasteiger partial charge on any atom is 0.0901 e. The molecule has 0 radical (unpaired) electrons. The van der Waals surface area contributed by atoms with E-state index in [1.165, 1.54) is 30.5 Å². The molecule has 0 aliphatic heterocycles. The van der Waals surface area contributed by atoms with Crippen molar-refractivity contribution in [1.29, 1.82) is 0 Å². The first kappa shape index (κ1) is 11.7. The Bertz CT molecular complexity index is 529. The van der Waals surface area contributed by atoms with Gasteiger partial charge in [0, 0.05) is 23.2 Å². The van der Waals surface area contributed by atoms with Gasteiger partial charge in [-0.05, 0) is 37.8 Å². The van der Waals surface area contributed by atoms with Crippen LogP contribution < -0.4 is 5.32 Å². The van der Waals surface area contributed by atoms with Gasteiger partial charge in [0.05, 0.1) is 10.7 Å². The molecule has 0 saturated heterocycles. The Labute approximate surface area is 112 Å². The van der Waals surface area contributed by atoms with Crippen molar-refractivity contribution in [1.82, 2.24) is 4.98 Å². The largest absolute Gasteiger partial charge is 0.385 e. The lowest BCUT2D eigenvalue weighted by Gasteiger charge is -2.25. The highest BCUT2D eigenvalue weighted by molar-refractivity contribution is 7.09. The van der Waals surface area contributed by atoms with Crippen LogP contribution >= 0.6 is 11.3 Å². The number of thiazole rings is 1. The molecule has 0 bridgehead atoms. The highest BCUT2D eigenvalue weighted by Gasteiger charge is 2.16. The zero-order valence-corrected chi connectivity index (χ0v) is 11.5. The van der Waals surface area contributed by atoms with Gasteiger partial charge in [-0.15, -0.1) is 11.3 Å². The summed E-state index contributed by atoms with van der Waals surface area (Å²) < 4.78 is 0. The molecule has 0 spiro atoms. The van der Waals surface area contributed by atoms with Crippen molar-refractivity contribution < 1.29 is 0 Å². The number of hydrogen-bond acceptors (Lipinski definition) is 3. The number of nitrogens with zero attached hydrogens (tertiary/aromatic N) is 1. The van der Waals surface area contributed by atoms with Gasteiger partial charge < -0.3 is 5.32 Å². The Morgan fingerprint density at radius 2 is 2.28 bits per heavy atom. The average Bonchev–Trinajstić information content (AvgIpc) is 2.74. The molecule has 1 aromatic heterocycles. The Balaban J connectivity index is 1.71. The van der Waals surface area contributed by atoms with Crippen molar-refractivity contribution in [3.8, 4) is 11.3 Å². The Hall–Kier alpha value is -1.35. The van der Waals surface area contributed by atoms with Crippen LogP contribution in [0.5, 0.6) is 0 Å². The molecule has 1 fully saturated rings. The molecular weight excluding hydrogens is 240 g/mol. The molecule has 1 aliphatic rings. The summed E-state index contributed by atoms with van der Waals surface area (Å²) in [5.41, 5.74) is 3.51. The van der Waals surface area contributed by atoms with Crippen molar-refractivity contribution in [2.45, 2.75) is 26.2 Å². The lowest BCUT2D eigenvalue weighted by atomic mass is 9.85. The third-order valence-electron chi connectivity index (χ3n) is 3.60. The minimum Gasteiger partial charge on any atom is -0.385 e. The van der Waals surface area contributed by atoms with Crippen LogP contribution in [0.4, 0.5) is 5.69 Å². The molecule has 3 rings (SSSR count). The summed E-state index contributed by atoms with van der Waals surface area (Å²) in [6, 6.07) is 8.57. The molecule has 1 saturated carbocycles. The van der Waals surface area contributed by atoms with Gasteiger partial charge in [-0.25, -0.2) is 4.98 Å². The smallest absolute Gasteiger partial charge is 0.0901 e. The van der Waals surface area contributed by atoms with Gasteiger partial charge in [-0.3, -0.25) is 0 Å². The summed E-state index contributed by atoms with van der Waals surface area (Å²) in [5, 5.41) is 6.79. The Morgan fingerprint density at radius 1 is 1.39 bits per heavy atom. The second-order valence-electron chi connectivity index (χ2n) is 5.01. The molecule has 0 amide bonds. The van der Waals surface area contributed by atoms with E-state index in [2.05, 4.69) is 39.9 Å². The van der Waals surface area contributed by atoms with Gasteiger partial charge in [0.25, 0.3) is 0 Å². The number of nitrogens with one attached hydrogen (secondary N) is 1. The van der Waals surface area contributed by atoms with Gasteiger partial charge in [0.1, 0.15) is 0 Å². The van der Waals surface area contributed by atoms with Crippen LogP contribution in [0.15, 0.2) is 29.6 Å². The molecule has 1 N–H and O–H groups in total. The van der Waals surface area contributed by atoms with E-state index in [4.69, 9.17) is 0 Å². The fourth-order valence-electron chi connectivity index (χ4n) is 2.24. The van der Waals surface area contributed by atoms with Gasteiger partial charge in [0.2, 0.25) is 0 Å². The van der Waals surface area contributed by atoms with Crippen LogP contribution in [0.25, 0.3) is 11.3 Å². The van der Waals surface area contributed by atoms with E-state index in [9.17, 15) is 0 Å². The quantitative estimate of drug-likeness (QED) is 0.883. The monoisotopic (exact) mass is 258 g/mol. The predicted molar refractivity (Wildman–Crippen MR) is 78.1 cm³/mol. The van der Waals surface area contributed by atoms with Gasteiger partial charge in [-0.2, -0.15) is 0 Å². The number of aromatic nitrogens is 1. The standard InChI is InChI=1S/C15H18N2S/c1-11-17-15(10-18-11)13-6-3-7-14(8-13)16-9-12-4-2-5-12/h3,6-8,10,12,16H,2,4-5,9H2,1H3. The van der Waals surface area contributed by atoms with Crippen LogP contribution in [0, 0.1) is 12.8 Å². The molecular formula is C15H18N2S. The second kappa shape index (κ2) is 5.11. The summed E-state index contributed by atoms with van der Waals surface area (Å²) in [5.74, 6) is 0.884. The van der Waals surface area contributed by atoms with Crippen molar-refractivity contribution >= 4 is 17.0 Å². The van der Waals surface area contributed by atoms with Crippen molar-refractivity contribution in [3.63, 3.8) is 0 Å². The lowest BCUT2D eigenvalue weighted by molar-refractivity contribution is 0.333. The molecule has 0 atom stereocenters. The molecule has 94 valence electrons. The summed E-state index contributed by atoms with van der Waals surface area (Å²) >= 11 is 1.70. The number of hydrogen-bond donors (Lipinski definition) is 1. The van der Waals surface area contributed by atoms with E-state index in [1.54, 1.807) is 11.3 Å². The van der Waals surface area contributed by atoms with Gasteiger partial charge >= 0.3 is 0 Å². The first-order valence-electron chi connectivity index (χ1n) is 6.58. The van der Waals surface area contributed by atoms with Crippen LogP contribution in [0.1, 0.15) is 24.3 Å². The number of anilines is 1. The Morgan fingerprint density at radius 3 is 2.94 bits per heavy atom. The fourth-order valence-corrected chi connectivity index (χ4v) is 2.87. The molecule has 2 nitrogen and oxygen atoms in total. The molecule has 1 aromatic carbocycles. The summed E-state index contributed by atoms with van der Waals surface area (Å²) in [4.78, 5) is 4.54. The topological polar surface area (TPSA) is 24.9 Å². The third-order valence-corrected chi connectivity index (χ3v) is 4.37. The minimum atomic E-state index is 0.884. The fraction of sp³-hybridized carbons (Fsp3) is 0.400. The highest BCUT2D eigenvalue weighted by Crippen LogP contribution is 2.28. The van der Waals surface area contributed by atoms with E-state index in [0.29, 0.717) is 0 Å². The highest BCUT2D eigenvalue weighted by atomic mass is 32.1. The molecule has 2 aromatic rings. The van der Waals surface area contributed by atoms with E-state index in [1.807, 2.05) is 6.92 Å². The summed E-state index contributed by atoms with van der Waals surface area (Å²) in [6.45, 7) is 3.16. The van der Waals surface area contributed by atoms with Crippen molar-refractivity contribution in [2.24, 2.45) is 5.92 Å². The molecule has 18 heavy (non-hydrogen) atoms. The number of benzene rings is 1. The normalized spacial score (nSPS) is 15.4. The van der Waals surface area contributed by atoms with Gasteiger partial charge in [0.15, 0.2) is 0 Å². The Kier molecular flexibility index (Phi) is 3.33. The zero-order chi connectivity index (χ0) is 12.4. The van der Waals surface area contributed by atoms with E-state index in [0.717, 1.165) is 23.2 Å². The first-order valence-corrected chi connectivity index (χ1v) is 7.46. The zero-order valence-electron chi connectivity index (χ0n) is 10.6. The molecule has 1 aliphatic carbocycles. The summed E-state index contributed by atoms with van der Waals surface area (Å²) in [7, 11) is 0. The number of rotatable bonds is 4. The summed E-state index contributed by atoms with van der Waals surface area (Å²) in [6.07, 6.45) is 4.18. The van der Waals surface area contributed by atoms with E-state index in [-0.39, 0.29) is 0 Å². The van der Waals surface area contributed by atoms with Crippen LogP contribution in [0.3, 0.4) is 0 Å². The van der Waals surface area contributed by atoms with Crippen molar-refractivity contribution in [2.75, 3.05) is 11.9 Å². The molecule has 0 unspecified atom stereocenters. The maximum atomic E-state index is 4.54. The van der Waals surface area contributed by atoms with E-state index >= 15 is 0 Å². The van der Waals surface area contributed by atoms with Crippen LogP contribution in [0.2, 0.25) is 0 Å². The van der Waals surface area contributed by atoms with E-state index < -0.39 is 0 Å². The average molecular weight is 258 g/mol. The second-order valence-corrected chi connectivity index (χ2v) is 6.07. The van der Waals surface area contributed by atoms with Crippen LogP contribution in [-0.4, -0.2) is 11.5 Å². The molecule has 3 heteroatoms. The molecule has 1 heterocycles.